The molecule has 0 unspecified atom stereocenters. The van der Waals surface area contributed by atoms with Crippen LogP contribution in [-0.4, -0.2) is 15.2 Å². The molecule has 0 saturated heterocycles. The summed E-state index contributed by atoms with van der Waals surface area (Å²) in [7, 11) is 0. The number of nitrogens with one attached hydrogen (secondary N) is 2. The second-order valence-electron chi connectivity index (χ2n) is 4.53. The van der Waals surface area contributed by atoms with E-state index in [1.807, 2.05) is 30.3 Å². The lowest BCUT2D eigenvalue weighted by atomic mass is 10.1. The van der Waals surface area contributed by atoms with Crippen LogP contribution in [-0.2, 0) is 6.54 Å². The standard InChI is InChI=1S/C16H13N5/c17-10-14-2-1-8-18-16(14)19-11-12-3-5-13(6-4-12)15-7-9-20-21-15/h1-9H,11H2,(H,18,19)(H,20,21). The van der Waals surface area contributed by atoms with Gasteiger partial charge in [-0.25, -0.2) is 4.98 Å². The van der Waals surface area contributed by atoms with Crippen LogP contribution in [0, 0.1) is 11.3 Å². The molecule has 2 N–H and O–H groups in total. The number of nitriles is 1. The van der Waals surface area contributed by atoms with Crippen LogP contribution in [0.3, 0.4) is 0 Å². The van der Waals surface area contributed by atoms with Crippen LogP contribution in [0.25, 0.3) is 11.3 Å². The van der Waals surface area contributed by atoms with Crippen molar-refractivity contribution in [2.45, 2.75) is 6.54 Å². The summed E-state index contributed by atoms with van der Waals surface area (Å²) in [6.45, 7) is 0.620. The third kappa shape index (κ3) is 2.90. The summed E-state index contributed by atoms with van der Waals surface area (Å²) >= 11 is 0. The Hall–Kier alpha value is -3.13. The number of aromatic amines is 1. The molecule has 0 saturated carbocycles. The van der Waals surface area contributed by atoms with Crippen molar-refractivity contribution in [1.29, 1.82) is 5.26 Å². The van der Waals surface area contributed by atoms with Crippen LogP contribution in [0.4, 0.5) is 5.82 Å². The lowest BCUT2D eigenvalue weighted by Gasteiger charge is -2.07. The minimum atomic E-state index is 0.548. The molecular formula is C16H13N5. The van der Waals surface area contributed by atoms with Crippen molar-refractivity contribution in [1.82, 2.24) is 15.2 Å². The zero-order valence-electron chi connectivity index (χ0n) is 11.2. The quantitative estimate of drug-likeness (QED) is 0.767. The predicted molar refractivity (Wildman–Crippen MR) is 80.3 cm³/mol. The van der Waals surface area contributed by atoms with Crippen LogP contribution in [0.1, 0.15) is 11.1 Å². The molecule has 2 aromatic heterocycles. The SMILES string of the molecule is N#Cc1cccnc1NCc1ccc(-c2ccn[nH]2)cc1. The number of H-pyrrole nitrogens is 1. The van der Waals surface area contributed by atoms with Gasteiger partial charge in [0.25, 0.3) is 0 Å². The molecule has 0 aliphatic carbocycles. The maximum Gasteiger partial charge on any atom is 0.144 e. The number of nitrogens with zero attached hydrogens (tertiary/aromatic N) is 3. The van der Waals surface area contributed by atoms with Crippen molar-refractivity contribution in [2.75, 3.05) is 5.32 Å². The fourth-order valence-corrected chi connectivity index (χ4v) is 2.04. The van der Waals surface area contributed by atoms with Gasteiger partial charge in [-0.15, -0.1) is 0 Å². The molecule has 102 valence electrons. The molecule has 0 bridgehead atoms. The first-order chi connectivity index (χ1) is 10.4. The van der Waals surface area contributed by atoms with Gasteiger partial charge in [-0.05, 0) is 29.3 Å². The fraction of sp³-hybridized carbons (Fsp3) is 0.0625. The van der Waals surface area contributed by atoms with Crippen molar-refractivity contribution in [2.24, 2.45) is 0 Å². The fourth-order valence-electron chi connectivity index (χ4n) is 2.04. The highest BCUT2D eigenvalue weighted by Gasteiger charge is 2.03. The Morgan fingerprint density at radius 3 is 2.67 bits per heavy atom. The Bertz CT molecular complexity index is 754. The van der Waals surface area contributed by atoms with Crippen LogP contribution in [0.5, 0.6) is 0 Å². The number of benzene rings is 1. The number of pyridine rings is 1. The van der Waals surface area contributed by atoms with Gasteiger partial charge in [-0.2, -0.15) is 10.4 Å². The van der Waals surface area contributed by atoms with Gasteiger partial charge in [0.2, 0.25) is 0 Å². The van der Waals surface area contributed by atoms with E-state index in [1.165, 1.54) is 0 Å². The van der Waals surface area contributed by atoms with E-state index in [4.69, 9.17) is 5.26 Å². The molecule has 0 fully saturated rings. The number of hydrogen-bond donors (Lipinski definition) is 2. The third-order valence-corrected chi connectivity index (χ3v) is 3.15. The Kier molecular flexibility index (Phi) is 3.61. The normalized spacial score (nSPS) is 10.0. The minimum absolute atomic E-state index is 0.548. The summed E-state index contributed by atoms with van der Waals surface area (Å²) in [4.78, 5) is 4.18. The number of aromatic nitrogens is 3. The molecule has 0 amide bonds. The molecule has 1 aromatic carbocycles. The smallest absolute Gasteiger partial charge is 0.144 e. The second-order valence-corrected chi connectivity index (χ2v) is 4.53. The zero-order valence-corrected chi connectivity index (χ0v) is 11.2. The molecule has 21 heavy (non-hydrogen) atoms. The highest BCUT2D eigenvalue weighted by molar-refractivity contribution is 5.59. The lowest BCUT2D eigenvalue weighted by molar-refractivity contribution is 1.09. The van der Waals surface area contributed by atoms with E-state index in [1.54, 1.807) is 24.5 Å². The largest absolute Gasteiger partial charge is 0.365 e. The summed E-state index contributed by atoms with van der Waals surface area (Å²) in [6.07, 6.45) is 3.40. The Morgan fingerprint density at radius 1 is 1.10 bits per heavy atom. The third-order valence-electron chi connectivity index (χ3n) is 3.15. The van der Waals surface area contributed by atoms with Crippen molar-refractivity contribution >= 4 is 5.82 Å². The molecule has 3 rings (SSSR count). The first kappa shape index (κ1) is 12.9. The van der Waals surface area contributed by atoms with Crippen LogP contribution >= 0.6 is 0 Å². The van der Waals surface area contributed by atoms with Crippen LogP contribution in [0.15, 0.2) is 54.9 Å². The Labute approximate surface area is 122 Å². The summed E-state index contributed by atoms with van der Waals surface area (Å²) < 4.78 is 0. The van der Waals surface area contributed by atoms with Gasteiger partial charge in [0.15, 0.2) is 0 Å². The van der Waals surface area contributed by atoms with Crippen molar-refractivity contribution in [3.63, 3.8) is 0 Å². The van der Waals surface area contributed by atoms with E-state index in [-0.39, 0.29) is 0 Å². The van der Waals surface area contributed by atoms with Gasteiger partial charge >= 0.3 is 0 Å². The first-order valence-corrected chi connectivity index (χ1v) is 6.54. The highest BCUT2D eigenvalue weighted by Crippen LogP contribution is 2.17. The number of rotatable bonds is 4. The van der Waals surface area contributed by atoms with Crippen molar-refractivity contribution < 1.29 is 0 Å². The minimum Gasteiger partial charge on any atom is -0.365 e. The van der Waals surface area contributed by atoms with Crippen LogP contribution in [0.2, 0.25) is 0 Å². The van der Waals surface area contributed by atoms with E-state index in [2.05, 4.69) is 26.6 Å². The van der Waals surface area contributed by atoms with Gasteiger partial charge in [-0.3, -0.25) is 5.10 Å². The van der Waals surface area contributed by atoms with Gasteiger partial charge < -0.3 is 5.32 Å². The summed E-state index contributed by atoms with van der Waals surface area (Å²) in [5.74, 6) is 0.609. The molecule has 5 nitrogen and oxygen atoms in total. The Balaban J connectivity index is 1.70. The molecule has 0 radical (unpaired) electrons. The average molecular weight is 275 g/mol. The molecule has 0 spiro atoms. The average Bonchev–Trinajstić information content (AvgIpc) is 3.08. The monoisotopic (exact) mass is 275 g/mol. The van der Waals surface area contributed by atoms with E-state index in [0.29, 0.717) is 17.9 Å². The van der Waals surface area contributed by atoms with Gasteiger partial charge in [0.1, 0.15) is 11.9 Å². The molecule has 0 aliphatic rings. The molecule has 0 aliphatic heterocycles. The summed E-state index contributed by atoms with van der Waals surface area (Å²) in [5.41, 5.74) is 3.75. The molecule has 0 atom stereocenters. The number of hydrogen-bond acceptors (Lipinski definition) is 4. The molecule has 2 heterocycles. The van der Waals surface area contributed by atoms with Crippen molar-refractivity contribution in [3.8, 4) is 17.3 Å². The first-order valence-electron chi connectivity index (χ1n) is 6.54. The topological polar surface area (TPSA) is 77.4 Å². The van der Waals surface area contributed by atoms with E-state index in [9.17, 15) is 0 Å². The van der Waals surface area contributed by atoms with E-state index < -0.39 is 0 Å². The van der Waals surface area contributed by atoms with Gasteiger partial charge in [0.05, 0.1) is 11.3 Å². The maximum atomic E-state index is 9.02. The summed E-state index contributed by atoms with van der Waals surface area (Å²) in [6, 6.07) is 15.7. The zero-order chi connectivity index (χ0) is 14.5. The van der Waals surface area contributed by atoms with E-state index >= 15 is 0 Å². The number of anilines is 1. The predicted octanol–water partition coefficient (Wildman–Crippen LogP) is 2.96. The van der Waals surface area contributed by atoms with Crippen molar-refractivity contribution in [3.05, 3.63) is 66.0 Å². The molecule has 5 heteroatoms. The lowest BCUT2D eigenvalue weighted by Crippen LogP contribution is -2.03. The van der Waals surface area contributed by atoms with Gasteiger partial charge in [0, 0.05) is 18.9 Å². The maximum absolute atomic E-state index is 9.02. The summed E-state index contributed by atoms with van der Waals surface area (Å²) in [5, 5.41) is 19.1. The second kappa shape index (κ2) is 5.88. The van der Waals surface area contributed by atoms with E-state index in [0.717, 1.165) is 16.8 Å². The molecular weight excluding hydrogens is 262 g/mol. The highest BCUT2D eigenvalue weighted by atomic mass is 15.1. The Morgan fingerprint density at radius 2 is 1.95 bits per heavy atom. The van der Waals surface area contributed by atoms with Crippen LogP contribution < -0.4 is 5.32 Å². The molecule has 3 aromatic rings. The van der Waals surface area contributed by atoms with Gasteiger partial charge in [-0.1, -0.05) is 24.3 Å².